The molecule has 0 atom stereocenters. The highest BCUT2D eigenvalue weighted by atomic mass is 15.2. The van der Waals surface area contributed by atoms with Crippen LogP contribution >= 0.6 is 0 Å². The summed E-state index contributed by atoms with van der Waals surface area (Å²) in [5, 5.41) is 0. The van der Waals surface area contributed by atoms with E-state index in [0.29, 0.717) is 0 Å². The summed E-state index contributed by atoms with van der Waals surface area (Å²) in [7, 11) is 0. The summed E-state index contributed by atoms with van der Waals surface area (Å²) in [6.45, 7) is 12.6. The Bertz CT molecular complexity index is 649. The van der Waals surface area contributed by atoms with Gasteiger partial charge < -0.3 is 9.80 Å². The van der Waals surface area contributed by atoms with Gasteiger partial charge >= 0.3 is 0 Å². The summed E-state index contributed by atoms with van der Waals surface area (Å²) in [4.78, 5) is 5.16. The third-order valence-electron chi connectivity index (χ3n) is 5.45. The van der Waals surface area contributed by atoms with Crippen LogP contribution in [0.15, 0.2) is 54.6 Å². The first-order chi connectivity index (χ1) is 12.5. The lowest BCUT2D eigenvalue weighted by Crippen LogP contribution is -2.37. The van der Waals surface area contributed by atoms with E-state index in [4.69, 9.17) is 0 Å². The summed E-state index contributed by atoms with van der Waals surface area (Å²) in [6.07, 6.45) is 4.12. The van der Waals surface area contributed by atoms with Crippen molar-refractivity contribution in [1.82, 2.24) is 4.90 Å². The molecule has 0 unspecified atom stereocenters. The third kappa shape index (κ3) is 5.35. The second-order valence-electron chi connectivity index (χ2n) is 8.61. The zero-order chi connectivity index (χ0) is 18.4. The first-order valence-corrected chi connectivity index (χ1v) is 10.1. The molecular weight excluding hydrogens is 316 g/mol. The molecule has 0 bridgehead atoms. The van der Waals surface area contributed by atoms with Crippen LogP contribution in [0.4, 0.5) is 5.69 Å². The number of nitrogens with zero attached hydrogens (tertiary/aromatic N) is 2. The van der Waals surface area contributed by atoms with Crippen molar-refractivity contribution < 1.29 is 0 Å². The summed E-state index contributed by atoms with van der Waals surface area (Å²) in [5.74, 6) is 0. The van der Waals surface area contributed by atoms with E-state index in [0.717, 1.165) is 19.6 Å². The van der Waals surface area contributed by atoms with Crippen LogP contribution in [0.5, 0.6) is 0 Å². The van der Waals surface area contributed by atoms with Crippen LogP contribution in [-0.4, -0.2) is 31.1 Å². The molecule has 0 amide bonds. The average molecular weight is 351 g/mol. The molecule has 0 N–H and O–H groups in total. The van der Waals surface area contributed by atoms with Gasteiger partial charge in [-0.3, -0.25) is 0 Å². The van der Waals surface area contributed by atoms with Gasteiger partial charge in [0.2, 0.25) is 0 Å². The molecule has 1 aliphatic heterocycles. The molecule has 0 saturated carbocycles. The highest BCUT2D eigenvalue weighted by Crippen LogP contribution is 2.23. The maximum Gasteiger partial charge on any atom is 0.0430 e. The first-order valence-electron chi connectivity index (χ1n) is 10.1. The molecule has 2 aromatic rings. The maximum atomic E-state index is 2.63. The van der Waals surface area contributed by atoms with Gasteiger partial charge in [0.1, 0.15) is 0 Å². The van der Waals surface area contributed by atoms with Gasteiger partial charge in [-0.25, -0.2) is 0 Å². The second kappa shape index (κ2) is 8.73. The van der Waals surface area contributed by atoms with Gasteiger partial charge in [0, 0.05) is 25.3 Å². The van der Waals surface area contributed by atoms with Gasteiger partial charge in [0.25, 0.3) is 0 Å². The van der Waals surface area contributed by atoms with Crippen molar-refractivity contribution in [1.29, 1.82) is 0 Å². The van der Waals surface area contributed by atoms with E-state index in [1.165, 1.54) is 49.2 Å². The van der Waals surface area contributed by atoms with Crippen LogP contribution in [-0.2, 0) is 12.0 Å². The van der Waals surface area contributed by atoms with Crippen LogP contribution in [0, 0.1) is 0 Å². The average Bonchev–Trinajstić information content (AvgIpc) is 2.66. The highest BCUT2D eigenvalue weighted by Gasteiger charge is 2.15. The van der Waals surface area contributed by atoms with Gasteiger partial charge in [0.15, 0.2) is 0 Å². The molecule has 0 aliphatic carbocycles. The first kappa shape index (κ1) is 19.0. The number of rotatable bonds is 6. The molecule has 1 saturated heterocycles. The maximum absolute atomic E-state index is 2.63. The molecule has 2 heteroatoms. The Labute approximate surface area is 159 Å². The minimum absolute atomic E-state index is 0.214. The van der Waals surface area contributed by atoms with Crippen molar-refractivity contribution in [3.8, 4) is 0 Å². The molecule has 0 spiro atoms. The lowest BCUT2D eigenvalue weighted by molar-refractivity contribution is 0.233. The van der Waals surface area contributed by atoms with Crippen LogP contribution < -0.4 is 4.90 Å². The van der Waals surface area contributed by atoms with Crippen molar-refractivity contribution in [3.63, 3.8) is 0 Å². The monoisotopic (exact) mass is 350 g/mol. The van der Waals surface area contributed by atoms with Crippen LogP contribution in [0.3, 0.4) is 0 Å². The Morgan fingerprint density at radius 2 is 1.50 bits per heavy atom. The zero-order valence-electron chi connectivity index (χ0n) is 16.7. The SMILES string of the molecule is CC(C)(C)c1ccc(CN(CCN2CCCCC2)c2ccccc2)cc1. The molecule has 2 nitrogen and oxygen atoms in total. The van der Waals surface area contributed by atoms with E-state index in [-0.39, 0.29) is 5.41 Å². The number of hydrogen-bond acceptors (Lipinski definition) is 2. The number of likely N-dealkylation sites (tertiary alicyclic amines) is 1. The lowest BCUT2D eigenvalue weighted by Gasteiger charge is -2.31. The van der Waals surface area contributed by atoms with Gasteiger partial charge in [-0.2, -0.15) is 0 Å². The van der Waals surface area contributed by atoms with Crippen molar-refractivity contribution >= 4 is 5.69 Å². The van der Waals surface area contributed by atoms with Crippen molar-refractivity contribution in [2.24, 2.45) is 0 Å². The Balaban J connectivity index is 1.69. The molecule has 0 radical (unpaired) electrons. The zero-order valence-corrected chi connectivity index (χ0v) is 16.7. The van der Waals surface area contributed by atoms with E-state index in [2.05, 4.69) is 85.2 Å². The van der Waals surface area contributed by atoms with Gasteiger partial charge in [-0.15, -0.1) is 0 Å². The minimum atomic E-state index is 0.214. The molecule has 0 aromatic heterocycles. The van der Waals surface area contributed by atoms with E-state index < -0.39 is 0 Å². The molecule has 1 fully saturated rings. The van der Waals surface area contributed by atoms with Crippen LogP contribution in [0.2, 0.25) is 0 Å². The quantitative estimate of drug-likeness (QED) is 0.681. The molecule has 2 aromatic carbocycles. The summed E-state index contributed by atoms with van der Waals surface area (Å²) >= 11 is 0. The lowest BCUT2D eigenvalue weighted by atomic mass is 9.87. The Morgan fingerprint density at radius 1 is 0.846 bits per heavy atom. The Hall–Kier alpha value is -1.80. The number of hydrogen-bond donors (Lipinski definition) is 0. The standard InChI is InChI=1S/C24H34N2/c1-24(2,3)22-14-12-21(13-15-22)20-26(23-10-6-4-7-11-23)19-18-25-16-8-5-9-17-25/h4,6-7,10-15H,5,8-9,16-20H2,1-3H3. The minimum Gasteiger partial charge on any atom is -0.366 e. The number of piperidine rings is 1. The largest absolute Gasteiger partial charge is 0.366 e. The molecule has 3 rings (SSSR count). The summed E-state index contributed by atoms with van der Waals surface area (Å²) < 4.78 is 0. The van der Waals surface area contributed by atoms with E-state index >= 15 is 0 Å². The van der Waals surface area contributed by atoms with Gasteiger partial charge in [-0.1, -0.05) is 69.7 Å². The number of benzene rings is 2. The van der Waals surface area contributed by atoms with Crippen LogP contribution in [0.1, 0.15) is 51.2 Å². The summed E-state index contributed by atoms with van der Waals surface area (Å²) in [6, 6.07) is 20.1. The predicted molar refractivity (Wildman–Crippen MR) is 113 cm³/mol. The van der Waals surface area contributed by atoms with Gasteiger partial charge in [0.05, 0.1) is 0 Å². The number of anilines is 1. The molecule has 1 aliphatic rings. The third-order valence-corrected chi connectivity index (χ3v) is 5.45. The van der Waals surface area contributed by atoms with E-state index in [1.54, 1.807) is 0 Å². The summed E-state index contributed by atoms with van der Waals surface area (Å²) in [5.41, 5.74) is 4.33. The van der Waals surface area contributed by atoms with Crippen LogP contribution in [0.25, 0.3) is 0 Å². The van der Waals surface area contributed by atoms with Crippen molar-refractivity contribution in [2.45, 2.75) is 52.0 Å². The normalized spacial score (nSPS) is 15.8. The smallest absolute Gasteiger partial charge is 0.0430 e. The predicted octanol–water partition coefficient (Wildman–Crippen LogP) is 5.48. The highest BCUT2D eigenvalue weighted by molar-refractivity contribution is 5.47. The fraction of sp³-hybridized carbons (Fsp3) is 0.500. The fourth-order valence-corrected chi connectivity index (χ4v) is 3.71. The van der Waals surface area contributed by atoms with E-state index in [9.17, 15) is 0 Å². The molecule has 26 heavy (non-hydrogen) atoms. The topological polar surface area (TPSA) is 6.48 Å². The Kier molecular flexibility index (Phi) is 6.37. The molecule has 1 heterocycles. The number of para-hydroxylation sites is 1. The molecular formula is C24H34N2. The van der Waals surface area contributed by atoms with E-state index in [1.807, 2.05) is 0 Å². The second-order valence-corrected chi connectivity index (χ2v) is 8.61. The fourth-order valence-electron chi connectivity index (χ4n) is 3.71. The Morgan fingerprint density at radius 3 is 2.12 bits per heavy atom. The molecule has 140 valence electrons. The van der Waals surface area contributed by atoms with Crippen molar-refractivity contribution in [2.75, 3.05) is 31.1 Å². The van der Waals surface area contributed by atoms with Gasteiger partial charge in [-0.05, 0) is 54.6 Å². The van der Waals surface area contributed by atoms with Crippen molar-refractivity contribution in [3.05, 3.63) is 65.7 Å².